The molecule has 23 heavy (non-hydrogen) atoms. The van der Waals surface area contributed by atoms with Gasteiger partial charge in [0.1, 0.15) is 0 Å². The van der Waals surface area contributed by atoms with Crippen molar-refractivity contribution in [2.75, 3.05) is 12.3 Å². The Kier molecular flexibility index (Phi) is 5.20. The molecule has 0 radical (unpaired) electrons. The third-order valence-electron chi connectivity index (χ3n) is 5.14. The molecule has 0 heterocycles. The van der Waals surface area contributed by atoms with Gasteiger partial charge >= 0.3 is 0 Å². The smallest absolute Gasteiger partial charge is 0.269 e. The van der Waals surface area contributed by atoms with Crippen LogP contribution in [0, 0.1) is 27.9 Å². The summed E-state index contributed by atoms with van der Waals surface area (Å²) in [5.41, 5.74) is 0.0738. The zero-order chi connectivity index (χ0) is 16.2. The summed E-state index contributed by atoms with van der Waals surface area (Å²) in [5, 5.41) is 13.6. The predicted molar refractivity (Wildman–Crippen MR) is 90.4 cm³/mol. The summed E-state index contributed by atoms with van der Waals surface area (Å²) in [6, 6.07) is 6.31. The molecule has 1 aromatic carbocycles. The molecule has 2 aliphatic carbocycles. The Labute approximate surface area is 140 Å². The fourth-order valence-corrected chi connectivity index (χ4v) is 4.72. The first-order valence-electron chi connectivity index (χ1n) is 8.26. The fraction of sp³-hybridized carbons (Fsp3) is 0.588. The van der Waals surface area contributed by atoms with Crippen LogP contribution in [0.5, 0.6) is 0 Å². The van der Waals surface area contributed by atoms with E-state index in [1.165, 1.54) is 49.6 Å². The number of benzene rings is 1. The van der Waals surface area contributed by atoms with Crippen LogP contribution in [0.15, 0.2) is 29.2 Å². The molecule has 0 saturated heterocycles. The number of nitrogens with one attached hydrogen (secondary N) is 1. The van der Waals surface area contributed by atoms with Crippen LogP contribution in [0.2, 0.25) is 0 Å². The van der Waals surface area contributed by atoms with Crippen molar-refractivity contribution in [2.45, 2.75) is 37.0 Å². The Morgan fingerprint density at radius 2 is 2.04 bits per heavy atom. The second-order valence-electron chi connectivity index (χ2n) is 6.61. The van der Waals surface area contributed by atoms with Crippen molar-refractivity contribution in [1.29, 1.82) is 0 Å². The third kappa shape index (κ3) is 4.25. The maximum atomic E-state index is 11.9. The van der Waals surface area contributed by atoms with E-state index in [2.05, 4.69) is 5.32 Å². The first kappa shape index (κ1) is 16.3. The van der Waals surface area contributed by atoms with E-state index in [1.807, 2.05) is 0 Å². The summed E-state index contributed by atoms with van der Waals surface area (Å²) in [4.78, 5) is 22.9. The number of nitrogens with zero attached hydrogens (tertiary/aromatic N) is 1. The predicted octanol–water partition coefficient (Wildman–Crippen LogP) is 3.63. The van der Waals surface area contributed by atoms with E-state index in [0.717, 1.165) is 35.6 Å². The van der Waals surface area contributed by atoms with Gasteiger partial charge in [-0.1, -0.05) is 6.42 Å². The number of hydrogen-bond donors (Lipinski definition) is 1. The molecular weight excluding hydrogens is 312 g/mol. The summed E-state index contributed by atoms with van der Waals surface area (Å²) in [7, 11) is 0. The number of nitro groups is 1. The average molecular weight is 334 g/mol. The van der Waals surface area contributed by atoms with E-state index < -0.39 is 4.92 Å². The first-order valence-corrected chi connectivity index (χ1v) is 9.24. The van der Waals surface area contributed by atoms with E-state index in [9.17, 15) is 14.9 Å². The van der Waals surface area contributed by atoms with Crippen LogP contribution in [0.3, 0.4) is 0 Å². The maximum absolute atomic E-state index is 11.9. The van der Waals surface area contributed by atoms with Crippen LogP contribution in [-0.4, -0.2) is 23.1 Å². The molecule has 1 aromatic rings. The van der Waals surface area contributed by atoms with Crippen LogP contribution in [0.4, 0.5) is 5.69 Å². The van der Waals surface area contributed by atoms with Gasteiger partial charge in [-0.15, -0.1) is 11.8 Å². The molecular formula is C17H22N2O3S. The number of non-ortho nitro benzene ring substituents is 1. The average Bonchev–Trinajstić information content (AvgIpc) is 3.16. The first-order chi connectivity index (χ1) is 11.1. The monoisotopic (exact) mass is 334 g/mol. The van der Waals surface area contributed by atoms with Crippen molar-refractivity contribution in [3.63, 3.8) is 0 Å². The molecule has 2 saturated carbocycles. The van der Waals surface area contributed by atoms with Crippen molar-refractivity contribution >= 4 is 23.4 Å². The van der Waals surface area contributed by atoms with Crippen LogP contribution < -0.4 is 5.32 Å². The zero-order valence-electron chi connectivity index (χ0n) is 13.1. The summed E-state index contributed by atoms with van der Waals surface area (Å²) in [5.74, 6) is 3.08. The molecule has 3 rings (SSSR count). The normalized spacial score (nSPS) is 25.5. The van der Waals surface area contributed by atoms with Gasteiger partial charge in [0.25, 0.3) is 5.69 Å². The Morgan fingerprint density at radius 1 is 1.26 bits per heavy atom. The van der Waals surface area contributed by atoms with E-state index >= 15 is 0 Å². The quantitative estimate of drug-likeness (QED) is 0.469. The van der Waals surface area contributed by atoms with Gasteiger partial charge in [-0.05, 0) is 55.6 Å². The Morgan fingerprint density at radius 3 is 2.65 bits per heavy atom. The number of fused-ring (bicyclic) bond motifs is 2. The summed E-state index contributed by atoms with van der Waals surface area (Å²) in [6.45, 7) is 0.771. The van der Waals surface area contributed by atoms with Crippen molar-refractivity contribution in [2.24, 2.45) is 17.8 Å². The molecule has 2 bridgehead atoms. The molecule has 3 atom stereocenters. The minimum absolute atomic E-state index is 0.0384. The van der Waals surface area contributed by atoms with Gasteiger partial charge < -0.3 is 5.32 Å². The van der Waals surface area contributed by atoms with Gasteiger partial charge in [0, 0.05) is 23.6 Å². The summed E-state index contributed by atoms with van der Waals surface area (Å²) in [6.07, 6.45) is 6.68. The molecule has 1 N–H and O–H groups in total. The summed E-state index contributed by atoms with van der Waals surface area (Å²) >= 11 is 1.41. The Bertz CT molecular complexity index is 576. The van der Waals surface area contributed by atoms with Crippen molar-refractivity contribution < 1.29 is 9.72 Å². The highest BCUT2D eigenvalue weighted by Gasteiger charge is 2.38. The molecule has 6 heteroatoms. The number of nitro benzene ring substituents is 1. The standard InChI is InChI=1S/C17H22N2O3S/c20-17(11-23-16-5-3-15(4-6-16)19(21)22)18-8-7-14-10-12-1-2-13(14)9-12/h3-6,12-14H,1-2,7-11H2,(H,18,20). The topological polar surface area (TPSA) is 72.2 Å². The lowest BCUT2D eigenvalue weighted by Crippen LogP contribution is -2.28. The van der Waals surface area contributed by atoms with Crippen LogP contribution >= 0.6 is 11.8 Å². The molecule has 124 valence electrons. The molecule has 0 spiro atoms. The van der Waals surface area contributed by atoms with Gasteiger partial charge in [-0.3, -0.25) is 14.9 Å². The number of rotatable bonds is 7. The van der Waals surface area contributed by atoms with Gasteiger partial charge in [-0.25, -0.2) is 0 Å². The van der Waals surface area contributed by atoms with E-state index in [1.54, 1.807) is 12.1 Å². The second kappa shape index (κ2) is 7.34. The molecule has 0 aromatic heterocycles. The minimum atomic E-state index is -0.420. The largest absolute Gasteiger partial charge is 0.355 e. The number of carbonyl (C=O) groups excluding carboxylic acids is 1. The number of thioether (sulfide) groups is 1. The second-order valence-corrected chi connectivity index (χ2v) is 7.66. The Balaban J connectivity index is 1.34. The number of carbonyl (C=O) groups is 1. The van der Waals surface area contributed by atoms with Crippen LogP contribution in [0.25, 0.3) is 0 Å². The highest BCUT2D eigenvalue weighted by Crippen LogP contribution is 2.49. The van der Waals surface area contributed by atoms with Crippen LogP contribution in [0.1, 0.15) is 32.1 Å². The SMILES string of the molecule is O=C(CSc1ccc([N+](=O)[O-])cc1)NCCC1CC2CCC1C2. The molecule has 5 nitrogen and oxygen atoms in total. The molecule has 3 unspecified atom stereocenters. The lowest BCUT2D eigenvalue weighted by molar-refractivity contribution is -0.384. The van der Waals surface area contributed by atoms with Gasteiger partial charge in [0.15, 0.2) is 0 Å². The molecule has 0 aliphatic heterocycles. The zero-order valence-corrected chi connectivity index (χ0v) is 13.9. The lowest BCUT2D eigenvalue weighted by atomic mass is 9.86. The highest BCUT2D eigenvalue weighted by molar-refractivity contribution is 8.00. The fourth-order valence-electron chi connectivity index (χ4n) is 3.99. The van der Waals surface area contributed by atoms with Gasteiger partial charge in [0.05, 0.1) is 10.7 Å². The maximum Gasteiger partial charge on any atom is 0.269 e. The molecule has 2 fully saturated rings. The lowest BCUT2D eigenvalue weighted by Gasteiger charge is -2.21. The number of hydrogen-bond acceptors (Lipinski definition) is 4. The van der Waals surface area contributed by atoms with Gasteiger partial charge in [-0.2, -0.15) is 0 Å². The third-order valence-corrected chi connectivity index (χ3v) is 6.15. The van der Waals surface area contributed by atoms with E-state index in [0.29, 0.717) is 5.75 Å². The van der Waals surface area contributed by atoms with Crippen molar-refractivity contribution in [1.82, 2.24) is 5.32 Å². The highest BCUT2D eigenvalue weighted by atomic mass is 32.2. The van der Waals surface area contributed by atoms with Crippen molar-refractivity contribution in [3.05, 3.63) is 34.4 Å². The minimum Gasteiger partial charge on any atom is -0.355 e. The van der Waals surface area contributed by atoms with Crippen molar-refractivity contribution in [3.8, 4) is 0 Å². The molecule has 2 aliphatic rings. The Hall–Kier alpha value is -1.56. The molecule has 1 amide bonds. The summed E-state index contributed by atoms with van der Waals surface area (Å²) < 4.78 is 0. The number of amides is 1. The van der Waals surface area contributed by atoms with E-state index in [-0.39, 0.29) is 11.6 Å². The van der Waals surface area contributed by atoms with E-state index in [4.69, 9.17) is 0 Å². The van der Waals surface area contributed by atoms with Crippen LogP contribution in [-0.2, 0) is 4.79 Å². The van der Waals surface area contributed by atoms with Gasteiger partial charge in [0.2, 0.25) is 5.91 Å².